The van der Waals surface area contributed by atoms with Crippen LogP contribution in [0, 0.1) is 17.8 Å². The van der Waals surface area contributed by atoms with Crippen LogP contribution < -0.4 is 10.1 Å². The fraction of sp³-hybridized carbons (Fsp3) is 0.333. The number of carbonyl (C=O) groups excluding carboxylic acids is 1. The van der Waals surface area contributed by atoms with Gasteiger partial charge in [-0.2, -0.15) is 0 Å². The largest absolute Gasteiger partial charge is 0.493 e. The van der Waals surface area contributed by atoms with Gasteiger partial charge in [-0.1, -0.05) is 36.1 Å². The number of aromatic nitrogens is 2. The van der Waals surface area contributed by atoms with E-state index in [1.807, 2.05) is 53.1 Å². The molecule has 7 heteroatoms. The SMILES string of the molecule is C[C@H](O)c1nccn1[C@@H](C#Cc1ccc(-c2ccc(OC[C@H]3CNC(=O)C3)cc2)cc1)CCO. The van der Waals surface area contributed by atoms with Gasteiger partial charge in [0.05, 0.1) is 12.6 Å². The Bertz CT molecular complexity index is 1160. The van der Waals surface area contributed by atoms with E-state index in [4.69, 9.17) is 4.74 Å². The van der Waals surface area contributed by atoms with Gasteiger partial charge in [-0.05, 0) is 42.3 Å². The van der Waals surface area contributed by atoms with Gasteiger partial charge in [0.25, 0.3) is 0 Å². The van der Waals surface area contributed by atoms with Crippen molar-refractivity contribution in [3.05, 3.63) is 72.3 Å². The molecule has 1 fully saturated rings. The van der Waals surface area contributed by atoms with E-state index in [2.05, 4.69) is 22.1 Å². The number of ether oxygens (including phenoxy) is 1. The Morgan fingerprint density at radius 3 is 2.50 bits per heavy atom. The molecule has 0 aliphatic carbocycles. The predicted molar refractivity (Wildman–Crippen MR) is 129 cm³/mol. The Kier molecular flexibility index (Phi) is 7.63. The average molecular weight is 460 g/mol. The highest BCUT2D eigenvalue weighted by molar-refractivity contribution is 5.78. The van der Waals surface area contributed by atoms with E-state index >= 15 is 0 Å². The van der Waals surface area contributed by atoms with Gasteiger partial charge in [-0.25, -0.2) is 4.98 Å². The van der Waals surface area contributed by atoms with Crippen LogP contribution in [-0.4, -0.2) is 45.4 Å². The molecule has 1 saturated heterocycles. The number of benzene rings is 2. The van der Waals surface area contributed by atoms with Crippen LogP contribution in [0.3, 0.4) is 0 Å². The fourth-order valence-corrected chi connectivity index (χ4v) is 3.97. The van der Waals surface area contributed by atoms with Crippen molar-refractivity contribution in [3.63, 3.8) is 0 Å². The molecule has 1 aliphatic rings. The summed E-state index contributed by atoms with van der Waals surface area (Å²) in [5.74, 6) is 8.02. The van der Waals surface area contributed by atoms with Crippen LogP contribution >= 0.6 is 0 Å². The number of rotatable bonds is 8. The smallest absolute Gasteiger partial charge is 0.220 e. The lowest BCUT2D eigenvalue weighted by Crippen LogP contribution is -2.16. The second-order valence-corrected chi connectivity index (χ2v) is 8.45. The van der Waals surface area contributed by atoms with E-state index < -0.39 is 6.10 Å². The zero-order chi connectivity index (χ0) is 23.9. The molecule has 1 amide bonds. The minimum absolute atomic E-state index is 0.00884. The summed E-state index contributed by atoms with van der Waals surface area (Å²) in [6.07, 6.45) is 3.67. The van der Waals surface area contributed by atoms with Crippen LogP contribution in [0.25, 0.3) is 11.1 Å². The first kappa shape index (κ1) is 23.6. The lowest BCUT2D eigenvalue weighted by Gasteiger charge is -2.15. The Morgan fingerprint density at radius 2 is 1.88 bits per heavy atom. The third kappa shape index (κ3) is 5.84. The van der Waals surface area contributed by atoms with Gasteiger partial charge in [0.15, 0.2) is 0 Å². The van der Waals surface area contributed by atoms with Gasteiger partial charge >= 0.3 is 0 Å². The van der Waals surface area contributed by atoms with Gasteiger partial charge in [0, 0.05) is 49.9 Å². The monoisotopic (exact) mass is 459 g/mol. The summed E-state index contributed by atoms with van der Waals surface area (Å²) in [6, 6.07) is 15.6. The zero-order valence-corrected chi connectivity index (χ0v) is 19.1. The van der Waals surface area contributed by atoms with Crippen LogP contribution in [0.5, 0.6) is 5.75 Å². The highest BCUT2D eigenvalue weighted by Crippen LogP contribution is 2.24. The van der Waals surface area contributed by atoms with Gasteiger partial charge in [0.1, 0.15) is 17.7 Å². The van der Waals surface area contributed by atoms with E-state index in [1.54, 1.807) is 19.3 Å². The third-order valence-corrected chi connectivity index (χ3v) is 5.81. The van der Waals surface area contributed by atoms with Crippen molar-refractivity contribution in [2.45, 2.75) is 31.9 Å². The average Bonchev–Trinajstić information content (AvgIpc) is 3.50. The lowest BCUT2D eigenvalue weighted by molar-refractivity contribution is -0.119. The van der Waals surface area contributed by atoms with Gasteiger partial charge in [-0.3, -0.25) is 4.79 Å². The minimum atomic E-state index is -0.710. The van der Waals surface area contributed by atoms with Crippen LogP contribution in [0.15, 0.2) is 60.9 Å². The Balaban J connectivity index is 1.40. The quantitative estimate of drug-likeness (QED) is 0.450. The second kappa shape index (κ2) is 11.0. The number of imidazole rings is 1. The summed E-state index contributed by atoms with van der Waals surface area (Å²) in [5.41, 5.74) is 3.01. The van der Waals surface area contributed by atoms with Crippen molar-refractivity contribution >= 4 is 5.91 Å². The van der Waals surface area contributed by atoms with Crippen molar-refractivity contribution in [2.75, 3.05) is 19.8 Å². The topological polar surface area (TPSA) is 96.6 Å². The molecule has 7 nitrogen and oxygen atoms in total. The van der Waals surface area contributed by atoms with Gasteiger partial charge < -0.3 is 24.8 Å². The predicted octanol–water partition coefficient (Wildman–Crippen LogP) is 3.09. The first-order chi connectivity index (χ1) is 16.5. The van der Waals surface area contributed by atoms with E-state index in [0.29, 0.717) is 31.8 Å². The molecular weight excluding hydrogens is 430 g/mol. The molecular formula is C27H29N3O4. The van der Waals surface area contributed by atoms with Crippen LogP contribution in [0.1, 0.15) is 43.3 Å². The molecule has 0 unspecified atom stereocenters. The van der Waals surface area contributed by atoms with Crippen LogP contribution in [-0.2, 0) is 4.79 Å². The number of carbonyl (C=O) groups is 1. The highest BCUT2D eigenvalue weighted by Gasteiger charge is 2.21. The number of amides is 1. The number of hydrogen-bond acceptors (Lipinski definition) is 5. The molecule has 3 aromatic rings. The maximum atomic E-state index is 11.3. The molecule has 4 rings (SSSR count). The molecule has 0 saturated carbocycles. The summed E-state index contributed by atoms with van der Waals surface area (Å²) in [7, 11) is 0. The zero-order valence-electron chi connectivity index (χ0n) is 19.1. The molecule has 1 aromatic heterocycles. The molecule has 1 aliphatic heterocycles. The molecule has 34 heavy (non-hydrogen) atoms. The Morgan fingerprint density at radius 1 is 1.18 bits per heavy atom. The number of nitrogens with zero attached hydrogens (tertiary/aromatic N) is 2. The van der Waals surface area contributed by atoms with E-state index in [1.165, 1.54) is 0 Å². The molecule has 2 heterocycles. The second-order valence-electron chi connectivity index (χ2n) is 8.45. The number of aliphatic hydroxyl groups excluding tert-OH is 2. The van der Waals surface area contributed by atoms with E-state index in [0.717, 1.165) is 22.4 Å². The van der Waals surface area contributed by atoms with Crippen molar-refractivity contribution < 1.29 is 19.7 Å². The molecule has 176 valence electrons. The first-order valence-corrected chi connectivity index (χ1v) is 11.5. The molecule has 3 atom stereocenters. The van der Waals surface area contributed by atoms with E-state index in [9.17, 15) is 15.0 Å². The Labute approximate surface area is 199 Å². The maximum Gasteiger partial charge on any atom is 0.220 e. The Hall–Kier alpha value is -3.60. The third-order valence-electron chi connectivity index (χ3n) is 5.81. The molecule has 0 radical (unpaired) electrons. The molecule has 2 aromatic carbocycles. The minimum Gasteiger partial charge on any atom is -0.493 e. The summed E-state index contributed by atoms with van der Waals surface area (Å²) in [4.78, 5) is 15.5. The molecule has 0 spiro atoms. The fourth-order valence-electron chi connectivity index (χ4n) is 3.97. The molecule has 3 N–H and O–H groups in total. The van der Waals surface area contributed by atoms with Crippen molar-refractivity contribution in [2.24, 2.45) is 5.92 Å². The number of nitrogens with one attached hydrogen (secondary N) is 1. The van der Waals surface area contributed by atoms with Gasteiger partial charge in [-0.15, -0.1) is 0 Å². The van der Waals surface area contributed by atoms with Crippen molar-refractivity contribution in [1.82, 2.24) is 14.9 Å². The summed E-state index contributed by atoms with van der Waals surface area (Å²) < 4.78 is 7.64. The normalized spacial score (nSPS) is 16.9. The highest BCUT2D eigenvalue weighted by atomic mass is 16.5. The number of aliphatic hydroxyl groups is 2. The summed E-state index contributed by atoms with van der Waals surface area (Å²) >= 11 is 0. The van der Waals surface area contributed by atoms with Crippen LogP contribution in [0.4, 0.5) is 0 Å². The van der Waals surface area contributed by atoms with Crippen molar-refractivity contribution in [3.8, 4) is 28.7 Å². The standard InChI is InChI=1S/C27H29N3O4/c1-19(32)27-28-13-14-30(27)24(12-15-31)9-4-20-2-5-22(6-3-20)23-7-10-25(11-8-23)34-18-21-16-26(33)29-17-21/h2-3,5-8,10-11,13-14,19,21,24,31-32H,12,15-18H2,1H3,(H,29,33)/t19-,21+,24-/m0/s1. The van der Waals surface area contributed by atoms with Crippen molar-refractivity contribution in [1.29, 1.82) is 0 Å². The molecule has 0 bridgehead atoms. The summed E-state index contributed by atoms with van der Waals surface area (Å²) in [5, 5.41) is 22.2. The first-order valence-electron chi connectivity index (χ1n) is 11.5. The summed E-state index contributed by atoms with van der Waals surface area (Å²) in [6.45, 7) is 2.86. The van der Waals surface area contributed by atoms with Crippen LogP contribution in [0.2, 0.25) is 0 Å². The lowest BCUT2D eigenvalue weighted by atomic mass is 10.0. The van der Waals surface area contributed by atoms with Gasteiger partial charge in [0.2, 0.25) is 5.91 Å². The maximum absolute atomic E-state index is 11.3. The number of hydrogen-bond donors (Lipinski definition) is 3. The van der Waals surface area contributed by atoms with E-state index in [-0.39, 0.29) is 24.5 Å².